The third-order valence-electron chi connectivity index (χ3n) is 2.71. The molecular weight excluding hydrogens is 226 g/mol. The van der Waals surface area contributed by atoms with Gasteiger partial charge in [-0.2, -0.15) is 0 Å². The van der Waals surface area contributed by atoms with Crippen molar-refractivity contribution in [3.05, 3.63) is 0 Å². The van der Waals surface area contributed by atoms with E-state index in [4.69, 9.17) is 10.8 Å². The third kappa shape index (κ3) is 4.29. The van der Waals surface area contributed by atoms with E-state index in [0.29, 0.717) is 19.4 Å². The first kappa shape index (κ1) is 13.3. The van der Waals surface area contributed by atoms with Crippen LogP contribution in [0.15, 0.2) is 0 Å². The predicted molar refractivity (Wildman–Crippen MR) is 59.1 cm³/mol. The maximum atomic E-state index is 11.6. The number of carbonyl (C=O) groups is 3. The average molecular weight is 243 g/mol. The highest BCUT2D eigenvalue weighted by Crippen LogP contribution is 2.16. The Bertz CT molecular complexity index is 319. The normalized spacial score (nSPS) is 19.8. The number of urea groups is 1. The number of rotatable bonds is 4. The van der Waals surface area contributed by atoms with Gasteiger partial charge >= 0.3 is 12.0 Å². The number of nitrogens with zero attached hydrogens (tertiary/aromatic N) is 1. The van der Waals surface area contributed by atoms with Crippen molar-refractivity contribution in [3.63, 3.8) is 0 Å². The number of primary amides is 1. The van der Waals surface area contributed by atoms with Crippen molar-refractivity contribution < 1.29 is 19.5 Å². The first-order valence-corrected chi connectivity index (χ1v) is 5.54. The Kier molecular flexibility index (Phi) is 4.74. The van der Waals surface area contributed by atoms with E-state index in [-0.39, 0.29) is 25.5 Å². The molecule has 0 bridgehead atoms. The van der Waals surface area contributed by atoms with E-state index in [1.807, 2.05) is 0 Å². The molecular formula is C10H17N3O4. The molecule has 4 N–H and O–H groups in total. The van der Waals surface area contributed by atoms with Crippen LogP contribution in [0.3, 0.4) is 0 Å². The molecule has 0 aromatic carbocycles. The van der Waals surface area contributed by atoms with Crippen LogP contribution in [-0.4, -0.2) is 47.5 Å². The van der Waals surface area contributed by atoms with Crippen LogP contribution in [-0.2, 0) is 9.59 Å². The Hall–Kier alpha value is -1.79. The Morgan fingerprint density at radius 1 is 1.41 bits per heavy atom. The molecule has 1 fully saturated rings. The number of carbonyl (C=O) groups excluding carboxylic acids is 2. The predicted octanol–water partition coefficient (Wildman–Crippen LogP) is -0.632. The molecule has 0 unspecified atom stereocenters. The summed E-state index contributed by atoms with van der Waals surface area (Å²) >= 11 is 0. The zero-order chi connectivity index (χ0) is 12.8. The van der Waals surface area contributed by atoms with Crippen LogP contribution in [0.25, 0.3) is 0 Å². The molecule has 7 nitrogen and oxygen atoms in total. The Labute approximate surface area is 98.9 Å². The fourth-order valence-corrected chi connectivity index (χ4v) is 1.77. The van der Waals surface area contributed by atoms with Crippen molar-refractivity contribution >= 4 is 17.9 Å². The zero-order valence-corrected chi connectivity index (χ0v) is 9.52. The van der Waals surface area contributed by atoms with Crippen LogP contribution in [0, 0.1) is 5.92 Å². The molecule has 0 aromatic heterocycles. The van der Waals surface area contributed by atoms with Gasteiger partial charge in [-0.1, -0.05) is 0 Å². The number of nitrogens with two attached hydrogens (primary N) is 1. The van der Waals surface area contributed by atoms with Gasteiger partial charge in [0.05, 0.1) is 5.92 Å². The Balaban J connectivity index is 2.35. The Morgan fingerprint density at radius 3 is 2.71 bits per heavy atom. The number of hydrogen-bond donors (Lipinski definition) is 3. The van der Waals surface area contributed by atoms with Gasteiger partial charge in [-0.25, -0.2) is 4.79 Å². The summed E-state index contributed by atoms with van der Waals surface area (Å²) in [6.45, 7) is 0.951. The maximum absolute atomic E-state index is 11.6. The lowest BCUT2D eigenvalue weighted by Crippen LogP contribution is -2.47. The number of nitrogens with one attached hydrogen (secondary N) is 1. The molecule has 0 aliphatic carbocycles. The average Bonchev–Trinajstić information content (AvgIpc) is 2.28. The van der Waals surface area contributed by atoms with Crippen molar-refractivity contribution in [1.29, 1.82) is 0 Å². The molecule has 0 radical (unpaired) electrons. The number of amides is 3. The van der Waals surface area contributed by atoms with E-state index >= 15 is 0 Å². The van der Waals surface area contributed by atoms with E-state index in [1.165, 1.54) is 4.90 Å². The second kappa shape index (κ2) is 6.07. The minimum Gasteiger partial charge on any atom is -0.481 e. The second-order valence-electron chi connectivity index (χ2n) is 4.07. The summed E-state index contributed by atoms with van der Waals surface area (Å²) in [6, 6.07) is -0.336. The molecule has 0 saturated carbocycles. The van der Waals surface area contributed by atoms with E-state index in [2.05, 4.69) is 5.32 Å². The number of likely N-dealkylation sites (tertiary alicyclic amines) is 1. The molecule has 1 heterocycles. The molecule has 1 aliphatic heterocycles. The first-order valence-electron chi connectivity index (χ1n) is 5.54. The summed E-state index contributed by atoms with van der Waals surface area (Å²) in [7, 11) is 0. The lowest BCUT2D eigenvalue weighted by Gasteiger charge is -2.30. The number of hydrogen-bond acceptors (Lipinski definition) is 3. The lowest BCUT2D eigenvalue weighted by atomic mass is 9.99. The van der Waals surface area contributed by atoms with Crippen LogP contribution < -0.4 is 11.1 Å². The highest BCUT2D eigenvalue weighted by atomic mass is 16.4. The van der Waals surface area contributed by atoms with Crippen molar-refractivity contribution in [2.75, 3.05) is 19.6 Å². The second-order valence-corrected chi connectivity index (χ2v) is 4.07. The van der Waals surface area contributed by atoms with Crippen LogP contribution in [0.4, 0.5) is 4.79 Å². The Morgan fingerprint density at radius 2 is 2.12 bits per heavy atom. The monoisotopic (exact) mass is 243 g/mol. The standard InChI is InChI=1S/C10H17N3O4/c11-8(14)3-4-12-10(17)13-5-1-2-7(6-13)9(15)16/h7H,1-6H2,(H2,11,14)(H,12,17)(H,15,16)/t7-/m1/s1. The largest absolute Gasteiger partial charge is 0.481 e. The van der Waals surface area contributed by atoms with Gasteiger partial charge in [-0.05, 0) is 12.8 Å². The van der Waals surface area contributed by atoms with Crippen LogP contribution >= 0.6 is 0 Å². The highest BCUT2D eigenvalue weighted by Gasteiger charge is 2.27. The summed E-state index contributed by atoms with van der Waals surface area (Å²) in [5.41, 5.74) is 4.94. The number of piperidine rings is 1. The van der Waals surface area contributed by atoms with E-state index in [9.17, 15) is 14.4 Å². The number of carboxylic acids is 1. The fourth-order valence-electron chi connectivity index (χ4n) is 1.77. The summed E-state index contributed by atoms with van der Waals surface area (Å²) in [4.78, 5) is 34.4. The van der Waals surface area contributed by atoms with Gasteiger partial charge in [0.2, 0.25) is 5.91 Å². The first-order chi connectivity index (χ1) is 8.00. The molecule has 7 heteroatoms. The van der Waals surface area contributed by atoms with Gasteiger partial charge in [-0.15, -0.1) is 0 Å². The fraction of sp³-hybridized carbons (Fsp3) is 0.700. The smallest absolute Gasteiger partial charge is 0.317 e. The summed E-state index contributed by atoms with van der Waals surface area (Å²) < 4.78 is 0. The van der Waals surface area contributed by atoms with Crippen LogP contribution in [0.5, 0.6) is 0 Å². The molecule has 3 amide bonds. The minimum atomic E-state index is -0.875. The minimum absolute atomic E-state index is 0.0853. The van der Waals surface area contributed by atoms with E-state index in [1.54, 1.807) is 0 Å². The molecule has 17 heavy (non-hydrogen) atoms. The van der Waals surface area contributed by atoms with E-state index in [0.717, 1.165) is 0 Å². The quantitative estimate of drug-likeness (QED) is 0.610. The summed E-state index contributed by atoms with van der Waals surface area (Å²) in [5, 5.41) is 11.4. The van der Waals surface area contributed by atoms with Crippen LogP contribution in [0.1, 0.15) is 19.3 Å². The van der Waals surface area contributed by atoms with Crippen molar-refractivity contribution in [3.8, 4) is 0 Å². The van der Waals surface area contributed by atoms with Crippen molar-refractivity contribution in [2.45, 2.75) is 19.3 Å². The van der Waals surface area contributed by atoms with Crippen molar-refractivity contribution in [2.24, 2.45) is 11.7 Å². The highest BCUT2D eigenvalue weighted by molar-refractivity contribution is 5.78. The van der Waals surface area contributed by atoms with Crippen molar-refractivity contribution in [1.82, 2.24) is 10.2 Å². The van der Waals surface area contributed by atoms with Gasteiger partial charge in [0, 0.05) is 26.1 Å². The van der Waals surface area contributed by atoms with Gasteiger partial charge < -0.3 is 21.1 Å². The molecule has 1 atom stereocenters. The van der Waals surface area contributed by atoms with Gasteiger partial charge in [-0.3, -0.25) is 9.59 Å². The van der Waals surface area contributed by atoms with Gasteiger partial charge in [0.15, 0.2) is 0 Å². The molecule has 0 spiro atoms. The van der Waals surface area contributed by atoms with E-state index < -0.39 is 17.8 Å². The van der Waals surface area contributed by atoms with Gasteiger partial charge in [0.1, 0.15) is 0 Å². The number of aliphatic carboxylic acids is 1. The van der Waals surface area contributed by atoms with Crippen LogP contribution in [0.2, 0.25) is 0 Å². The molecule has 1 saturated heterocycles. The molecule has 1 rings (SSSR count). The molecule has 0 aromatic rings. The topological polar surface area (TPSA) is 113 Å². The maximum Gasteiger partial charge on any atom is 0.317 e. The zero-order valence-electron chi connectivity index (χ0n) is 9.52. The number of carboxylic acid groups (broad SMARTS) is 1. The summed E-state index contributed by atoms with van der Waals surface area (Å²) in [6.07, 6.45) is 1.36. The SMILES string of the molecule is NC(=O)CCNC(=O)N1CCC[C@@H](C(=O)O)C1. The van der Waals surface area contributed by atoms with Gasteiger partial charge in [0.25, 0.3) is 0 Å². The lowest BCUT2D eigenvalue weighted by molar-refractivity contribution is -0.143. The third-order valence-corrected chi connectivity index (χ3v) is 2.71. The molecule has 96 valence electrons. The summed E-state index contributed by atoms with van der Waals surface area (Å²) in [5.74, 6) is -1.85. The molecule has 1 aliphatic rings.